The lowest BCUT2D eigenvalue weighted by Crippen LogP contribution is -2.33. The van der Waals surface area contributed by atoms with Crippen molar-refractivity contribution in [2.45, 2.75) is 36.7 Å². The Bertz CT molecular complexity index is 568. The lowest BCUT2D eigenvalue weighted by molar-refractivity contribution is 0.0465. The highest BCUT2D eigenvalue weighted by atomic mass is 35.5. The summed E-state index contributed by atoms with van der Waals surface area (Å²) in [7, 11) is -3.63. The fourth-order valence-electron chi connectivity index (χ4n) is 2.12. The number of halogens is 2. The van der Waals surface area contributed by atoms with Crippen molar-refractivity contribution < 1.29 is 13.5 Å². The molecule has 1 saturated heterocycles. The molecule has 0 aliphatic carbocycles. The molecule has 1 aromatic heterocycles. The van der Waals surface area contributed by atoms with Gasteiger partial charge in [-0.25, -0.2) is 8.42 Å². The minimum atomic E-state index is -3.63. The first-order valence-electron chi connectivity index (χ1n) is 5.90. The third-order valence-corrected chi connectivity index (χ3v) is 6.92. The van der Waals surface area contributed by atoms with Gasteiger partial charge in [0.2, 0.25) is 10.0 Å². The van der Waals surface area contributed by atoms with E-state index >= 15 is 0 Å². The molecule has 2 heterocycles. The molecule has 1 unspecified atom stereocenters. The van der Waals surface area contributed by atoms with E-state index in [1.54, 1.807) is 6.92 Å². The summed E-state index contributed by atoms with van der Waals surface area (Å²) in [5.74, 6) is 0. The Hall–Kier alpha value is 0.150. The molecule has 4 nitrogen and oxygen atoms in total. The lowest BCUT2D eigenvalue weighted by Gasteiger charge is -2.22. The molecule has 0 amide bonds. The van der Waals surface area contributed by atoms with E-state index in [0.717, 1.165) is 11.3 Å². The standard InChI is InChI=1S/C11H15Cl2NO3S2/c1-11(15)3-2-5-14(6-4-11)19(16,17)8-7-9(12)18-10(8)13/h7,15H,2-6H2,1H3. The number of thiophene rings is 1. The van der Waals surface area contributed by atoms with Crippen molar-refractivity contribution in [2.24, 2.45) is 0 Å². The van der Waals surface area contributed by atoms with Gasteiger partial charge in [-0.15, -0.1) is 11.3 Å². The number of nitrogens with zero attached hydrogens (tertiary/aromatic N) is 1. The van der Waals surface area contributed by atoms with E-state index in [1.165, 1.54) is 10.4 Å². The zero-order valence-corrected chi connectivity index (χ0v) is 13.5. The number of sulfonamides is 1. The summed E-state index contributed by atoms with van der Waals surface area (Å²) in [5.41, 5.74) is -0.805. The van der Waals surface area contributed by atoms with E-state index in [9.17, 15) is 13.5 Å². The summed E-state index contributed by atoms with van der Waals surface area (Å²) in [4.78, 5) is 0.0608. The third-order valence-electron chi connectivity index (χ3n) is 3.27. The van der Waals surface area contributed by atoms with E-state index in [-0.39, 0.29) is 9.23 Å². The maximum atomic E-state index is 12.5. The molecule has 19 heavy (non-hydrogen) atoms. The molecule has 0 aromatic carbocycles. The zero-order valence-electron chi connectivity index (χ0n) is 10.4. The minimum absolute atomic E-state index is 0.0608. The molecule has 1 atom stereocenters. The Balaban J connectivity index is 2.28. The smallest absolute Gasteiger partial charge is 0.245 e. The van der Waals surface area contributed by atoms with Crippen molar-refractivity contribution in [1.82, 2.24) is 4.31 Å². The molecule has 0 spiro atoms. The Labute approximate surface area is 127 Å². The van der Waals surface area contributed by atoms with Gasteiger partial charge < -0.3 is 5.11 Å². The molecule has 8 heteroatoms. The maximum Gasteiger partial charge on any atom is 0.245 e. The number of rotatable bonds is 2. The monoisotopic (exact) mass is 343 g/mol. The van der Waals surface area contributed by atoms with Crippen LogP contribution in [0.15, 0.2) is 11.0 Å². The first kappa shape index (κ1) is 15.5. The van der Waals surface area contributed by atoms with E-state index in [2.05, 4.69) is 0 Å². The Morgan fingerprint density at radius 1 is 1.37 bits per heavy atom. The molecule has 1 aromatic rings. The highest BCUT2D eigenvalue weighted by molar-refractivity contribution is 7.89. The molecular formula is C11H15Cl2NO3S2. The SMILES string of the molecule is CC1(O)CCCN(S(=O)(=O)c2cc(Cl)sc2Cl)CC1. The van der Waals surface area contributed by atoms with Gasteiger partial charge in [-0.3, -0.25) is 0 Å². The van der Waals surface area contributed by atoms with Gasteiger partial charge in [0.25, 0.3) is 0 Å². The summed E-state index contributed by atoms with van der Waals surface area (Å²) < 4.78 is 26.9. The van der Waals surface area contributed by atoms with Gasteiger partial charge in [-0.05, 0) is 32.3 Å². The average molecular weight is 344 g/mol. The van der Waals surface area contributed by atoms with Crippen LogP contribution in [-0.2, 0) is 10.0 Å². The van der Waals surface area contributed by atoms with Crippen LogP contribution in [0.5, 0.6) is 0 Å². The average Bonchev–Trinajstić information content (AvgIpc) is 2.52. The van der Waals surface area contributed by atoms with Gasteiger partial charge in [-0.1, -0.05) is 23.2 Å². The highest BCUT2D eigenvalue weighted by Gasteiger charge is 2.33. The van der Waals surface area contributed by atoms with Crippen LogP contribution in [0.3, 0.4) is 0 Å². The summed E-state index contributed by atoms with van der Waals surface area (Å²) in [6.07, 6.45) is 1.64. The highest BCUT2D eigenvalue weighted by Crippen LogP contribution is 2.36. The summed E-state index contributed by atoms with van der Waals surface area (Å²) in [6.45, 7) is 2.42. The molecule has 108 valence electrons. The van der Waals surface area contributed by atoms with Crippen molar-refractivity contribution >= 4 is 44.6 Å². The molecule has 1 aliphatic rings. The van der Waals surface area contributed by atoms with Crippen molar-refractivity contribution in [3.63, 3.8) is 0 Å². The first-order valence-corrected chi connectivity index (χ1v) is 8.91. The molecule has 1 fully saturated rings. The second-order valence-electron chi connectivity index (χ2n) is 4.94. The summed E-state index contributed by atoms with van der Waals surface area (Å²) in [5, 5.41) is 10.0. The van der Waals surface area contributed by atoms with Crippen LogP contribution in [-0.4, -0.2) is 36.5 Å². The van der Waals surface area contributed by atoms with E-state index in [0.29, 0.717) is 36.7 Å². The van der Waals surface area contributed by atoms with E-state index in [4.69, 9.17) is 23.2 Å². The van der Waals surface area contributed by atoms with Gasteiger partial charge in [0.15, 0.2) is 0 Å². The van der Waals surface area contributed by atoms with Crippen LogP contribution in [0.4, 0.5) is 0 Å². The molecule has 1 N–H and O–H groups in total. The minimum Gasteiger partial charge on any atom is -0.390 e. The molecule has 0 radical (unpaired) electrons. The second kappa shape index (κ2) is 5.50. The Morgan fingerprint density at radius 3 is 2.63 bits per heavy atom. The lowest BCUT2D eigenvalue weighted by atomic mass is 9.98. The molecule has 0 bridgehead atoms. The maximum absolute atomic E-state index is 12.5. The van der Waals surface area contributed by atoms with Crippen LogP contribution in [0.1, 0.15) is 26.2 Å². The van der Waals surface area contributed by atoms with Gasteiger partial charge in [0.05, 0.1) is 9.94 Å². The van der Waals surface area contributed by atoms with Crippen molar-refractivity contribution in [3.05, 3.63) is 14.7 Å². The zero-order chi connectivity index (χ0) is 14.3. The first-order chi connectivity index (χ1) is 8.72. The van der Waals surface area contributed by atoms with Gasteiger partial charge in [0.1, 0.15) is 9.23 Å². The van der Waals surface area contributed by atoms with Crippen LogP contribution >= 0.6 is 34.5 Å². The summed E-state index contributed by atoms with van der Waals surface area (Å²) >= 11 is 12.8. The van der Waals surface area contributed by atoms with Crippen molar-refractivity contribution in [1.29, 1.82) is 0 Å². The van der Waals surface area contributed by atoms with E-state index in [1.807, 2.05) is 0 Å². The second-order valence-corrected chi connectivity index (χ2v) is 9.13. The number of aliphatic hydroxyl groups is 1. The van der Waals surface area contributed by atoms with Gasteiger partial charge in [0, 0.05) is 13.1 Å². The van der Waals surface area contributed by atoms with Crippen LogP contribution in [0.2, 0.25) is 8.67 Å². The summed E-state index contributed by atoms with van der Waals surface area (Å²) in [6, 6.07) is 1.38. The topological polar surface area (TPSA) is 57.6 Å². The third kappa shape index (κ3) is 3.43. The normalized spacial score (nSPS) is 26.3. The van der Waals surface area contributed by atoms with Gasteiger partial charge >= 0.3 is 0 Å². The molecule has 1 aliphatic heterocycles. The predicted octanol–water partition coefficient (Wildman–Crippen LogP) is 2.98. The fraction of sp³-hybridized carbons (Fsp3) is 0.636. The molecule has 0 saturated carbocycles. The number of hydrogen-bond donors (Lipinski definition) is 1. The fourth-order valence-corrected chi connectivity index (χ4v) is 5.71. The van der Waals surface area contributed by atoms with Gasteiger partial charge in [-0.2, -0.15) is 4.31 Å². The Kier molecular flexibility index (Phi) is 4.50. The quantitative estimate of drug-likeness (QED) is 0.897. The van der Waals surface area contributed by atoms with E-state index < -0.39 is 15.6 Å². The van der Waals surface area contributed by atoms with Crippen molar-refractivity contribution in [3.8, 4) is 0 Å². The predicted molar refractivity (Wildman–Crippen MR) is 77.6 cm³/mol. The van der Waals surface area contributed by atoms with Crippen LogP contribution in [0.25, 0.3) is 0 Å². The molecule has 2 rings (SSSR count). The number of hydrogen-bond acceptors (Lipinski definition) is 4. The van der Waals surface area contributed by atoms with Crippen LogP contribution < -0.4 is 0 Å². The molecular weight excluding hydrogens is 329 g/mol. The largest absolute Gasteiger partial charge is 0.390 e. The van der Waals surface area contributed by atoms with Crippen molar-refractivity contribution in [2.75, 3.05) is 13.1 Å². The Morgan fingerprint density at radius 2 is 2.05 bits per heavy atom. The van der Waals surface area contributed by atoms with Crippen LogP contribution in [0, 0.1) is 0 Å².